The van der Waals surface area contributed by atoms with Crippen molar-refractivity contribution in [2.24, 2.45) is 0 Å². The van der Waals surface area contributed by atoms with Gasteiger partial charge in [0.15, 0.2) is 6.29 Å². The fourth-order valence-corrected chi connectivity index (χ4v) is 3.24. The van der Waals surface area contributed by atoms with Crippen molar-refractivity contribution in [1.29, 1.82) is 0 Å². The molecule has 1 aromatic carbocycles. The molecule has 0 radical (unpaired) electrons. The van der Waals surface area contributed by atoms with Crippen LogP contribution in [0, 0.1) is 0 Å². The van der Waals surface area contributed by atoms with E-state index in [1.54, 1.807) is 12.1 Å². The number of para-hydroxylation sites is 1. The standard InChI is InChI=1S/C19H26O12/c1-27-17(26)8-4-2-3-5-10(8)30-19-16(25)14(23)13(22)11(31-19)7-29-18-15(24)12(21)9(20)6-28-18/h2-5,9,11-16,18-25H,6-7H2,1H3/t9-,11-,12+,13-,14+,15-,16-,18-,19-/m0/s1. The maximum atomic E-state index is 11.9. The zero-order valence-electron chi connectivity index (χ0n) is 16.6. The number of carbonyl (C=O) groups is 1. The Bertz CT molecular complexity index is 744. The molecule has 3 rings (SSSR count). The number of methoxy groups -OCH3 is 1. The number of esters is 1. The Labute approximate surface area is 177 Å². The first-order valence-corrected chi connectivity index (χ1v) is 9.55. The molecule has 0 aliphatic carbocycles. The van der Waals surface area contributed by atoms with E-state index < -0.39 is 67.9 Å². The number of hydrogen-bond donors (Lipinski definition) is 6. The van der Waals surface area contributed by atoms with Crippen molar-refractivity contribution >= 4 is 5.97 Å². The normalized spacial score (nSPS) is 38.5. The molecule has 0 unspecified atom stereocenters. The molecule has 9 atom stereocenters. The minimum absolute atomic E-state index is 0.0183. The molecule has 1 aromatic rings. The van der Waals surface area contributed by atoms with Crippen LogP contribution in [0.4, 0.5) is 0 Å². The predicted octanol–water partition coefficient (Wildman–Crippen LogP) is -2.88. The zero-order valence-corrected chi connectivity index (χ0v) is 16.6. The van der Waals surface area contributed by atoms with Gasteiger partial charge in [-0.1, -0.05) is 12.1 Å². The number of benzene rings is 1. The third kappa shape index (κ3) is 5.14. The molecule has 0 aromatic heterocycles. The molecule has 174 valence electrons. The molecular weight excluding hydrogens is 420 g/mol. The van der Waals surface area contributed by atoms with Crippen LogP contribution in [0.3, 0.4) is 0 Å². The quantitative estimate of drug-likeness (QED) is 0.246. The van der Waals surface area contributed by atoms with Crippen molar-refractivity contribution < 1.29 is 59.1 Å². The predicted molar refractivity (Wildman–Crippen MR) is 98.8 cm³/mol. The molecular formula is C19H26O12. The van der Waals surface area contributed by atoms with Gasteiger partial charge in [0.25, 0.3) is 0 Å². The summed E-state index contributed by atoms with van der Waals surface area (Å²) in [4.78, 5) is 11.9. The molecule has 12 nitrogen and oxygen atoms in total. The maximum Gasteiger partial charge on any atom is 0.341 e. The SMILES string of the molecule is COC(=O)c1ccccc1O[C@H]1O[C@@H](CO[C@@H]2OC[C@H](O)[C@@H](O)[C@@H]2O)[C@H](O)[C@@H](O)[C@@H]1O. The van der Waals surface area contributed by atoms with E-state index in [0.717, 1.165) is 0 Å². The number of ether oxygens (including phenoxy) is 5. The lowest BCUT2D eigenvalue weighted by Gasteiger charge is -2.41. The van der Waals surface area contributed by atoms with E-state index in [9.17, 15) is 35.4 Å². The van der Waals surface area contributed by atoms with Crippen LogP contribution >= 0.6 is 0 Å². The molecule has 2 heterocycles. The Morgan fingerprint density at radius 2 is 1.65 bits per heavy atom. The molecule has 0 amide bonds. The third-order valence-corrected chi connectivity index (χ3v) is 5.08. The maximum absolute atomic E-state index is 11.9. The summed E-state index contributed by atoms with van der Waals surface area (Å²) < 4.78 is 26.2. The molecule has 2 aliphatic heterocycles. The first-order valence-electron chi connectivity index (χ1n) is 9.55. The van der Waals surface area contributed by atoms with Crippen molar-refractivity contribution in [3.8, 4) is 5.75 Å². The fourth-order valence-electron chi connectivity index (χ4n) is 3.24. The summed E-state index contributed by atoms with van der Waals surface area (Å²) in [5.41, 5.74) is 0.0560. The van der Waals surface area contributed by atoms with Gasteiger partial charge in [0.1, 0.15) is 54.0 Å². The van der Waals surface area contributed by atoms with Gasteiger partial charge in [-0.3, -0.25) is 0 Å². The lowest BCUT2D eigenvalue weighted by Crippen LogP contribution is -2.61. The number of carbonyl (C=O) groups excluding carboxylic acids is 1. The number of hydrogen-bond acceptors (Lipinski definition) is 12. The summed E-state index contributed by atoms with van der Waals surface area (Å²) in [5.74, 6) is -0.671. The average Bonchev–Trinajstić information content (AvgIpc) is 2.78. The molecule has 31 heavy (non-hydrogen) atoms. The lowest BCUT2D eigenvalue weighted by molar-refractivity contribution is -0.307. The molecule has 6 N–H and O–H groups in total. The average molecular weight is 446 g/mol. The Hall–Kier alpha value is -1.87. The van der Waals surface area contributed by atoms with E-state index >= 15 is 0 Å². The van der Waals surface area contributed by atoms with E-state index in [2.05, 4.69) is 4.74 Å². The highest BCUT2D eigenvalue weighted by Gasteiger charge is 2.46. The molecule has 0 bridgehead atoms. The van der Waals surface area contributed by atoms with Gasteiger partial charge in [0, 0.05) is 0 Å². The second-order valence-electron chi connectivity index (χ2n) is 7.20. The first kappa shape index (κ1) is 23.8. The van der Waals surface area contributed by atoms with Crippen molar-refractivity contribution in [2.75, 3.05) is 20.3 Å². The Morgan fingerprint density at radius 1 is 0.968 bits per heavy atom. The van der Waals surface area contributed by atoms with Gasteiger partial charge >= 0.3 is 5.97 Å². The van der Waals surface area contributed by atoms with Crippen molar-refractivity contribution in [2.45, 2.75) is 55.3 Å². The van der Waals surface area contributed by atoms with Crippen LogP contribution in [0.25, 0.3) is 0 Å². The molecule has 0 saturated carbocycles. The summed E-state index contributed by atoms with van der Waals surface area (Å²) >= 11 is 0. The van der Waals surface area contributed by atoms with Gasteiger partial charge in [0.05, 0.1) is 20.3 Å². The van der Waals surface area contributed by atoms with Crippen molar-refractivity contribution in [3.63, 3.8) is 0 Å². The van der Waals surface area contributed by atoms with Crippen LogP contribution < -0.4 is 4.74 Å². The summed E-state index contributed by atoms with van der Waals surface area (Å²) in [7, 11) is 1.19. The highest BCUT2D eigenvalue weighted by atomic mass is 16.7. The smallest absolute Gasteiger partial charge is 0.341 e. The van der Waals surface area contributed by atoms with Gasteiger partial charge < -0.3 is 54.3 Å². The monoisotopic (exact) mass is 446 g/mol. The Morgan fingerprint density at radius 3 is 2.35 bits per heavy atom. The van der Waals surface area contributed by atoms with Gasteiger partial charge in [-0.05, 0) is 12.1 Å². The van der Waals surface area contributed by atoms with Crippen molar-refractivity contribution in [1.82, 2.24) is 0 Å². The van der Waals surface area contributed by atoms with E-state index in [1.165, 1.54) is 19.2 Å². The minimum Gasteiger partial charge on any atom is -0.465 e. The summed E-state index contributed by atoms with van der Waals surface area (Å²) in [5, 5.41) is 59.8. The summed E-state index contributed by atoms with van der Waals surface area (Å²) in [6.45, 7) is -0.706. The van der Waals surface area contributed by atoms with Crippen LogP contribution in [-0.2, 0) is 18.9 Å². The molecule has 2 aliphatic rings. The third-order valence-electron chi connectivity index (χ3n) is 5.08. The number of aliphatic hydroxyl groups excluding tert-OH is 6. The van der Waals surface area contributed by atoms with E-state index in [-0.39, 0.29) is 17.9 Å². The Kier molecular flexibility index (Phi) is 7.80. The van der Waals surface area contributed by atoms with Gasteiger partial charge in [0.2, 0.25) is 6.29 Å². The minimum atomic E-state index is -1.68. The highest BCUT2D eigenvalue weighted by molar-refractivity contribution is 5.92. The molecule has 12 heteroatoms. The van der Waals surface area contributed by atoms with Gasteiger partial charge in [-0.15, -0.1) is 0 Å². The van der Waals surface area contributed by atoms with Crippen molar-refractivity contribution in [3.05, 3.63) is 29.8 Å². The Balaban J connectivity index is 1.68. The topological polar surface area (TPSA) is 185 Å². The van der Waals surface area contributed by atoms with E-state index in [4.69, 9.17) is 18.9 Å². The number of aliphatic hydroxyl groups is 6. The summed E-state index contributed by atoms with van der Waals surface area (Å²) in [6.07, 6.45) is -13.3. The number of rotatable bonds is 6. The van der Waals surface area contributed by atoms with Crippen LogP contribution in [0.2, 0.25) is 0 Å². The van der Waals surface area contributed by atoms with Gasteiger partial charge in [-0.2, -0.15) is 0 Å². The van der Waals surface area contributed by atoms with Crippen LogP contribution in [-0.4, -0.2) is 112 Å². The molecule has 2 saturated heterocycles. The fraction of sp³-hybridized carbons (Fsp3) is 0.632. The van der Waals surface area contributed by atoms with E-state index in [1.807, 2.05) is 0 Å². The zero-order chi connectivity index (χ0) is 22.7. The van der Waals surface area contributed by atoms with Crippen LogP contribution in [0.1, 0.15) is 10.4 Å². The first-order chi connectivity index (χ1) is 14.7. The van der Waals surface area contributed by atoms with E-state index in [0.29, 0.717) is 0 Å². The molecule has 2 fully saturated rings. The second kappa shape index (κ2) is 10.2. The summed E-state index contributed by atoms with van der Waals surface area (Å²) in [6, 6.07) is 6.02. The second-order valence-corrected chi connectivity index (χ2v) is 7.20. The van der Waals surface area contributed by atoms with Gasteiger partial charge in [-0.25, -0.2) is 4.79 Å². The van der Waals surface area contributed by atoms with Crippen LogP contribution in [0.15, 0.2) is 24.3 Å². The lowest BCUT2D eigenvalue weighted by atomic mass is 9.99. The highest BCUT2D eigenvalue weighted by Crippen LogP contribution is 2.28. The largest absolute Gasteiger partial charge is 0.465 e. The van der Waals surface area contributed by atoms with Crippen LogP contribution in [0.5, 0.6) is 5.75 Å². The molecule has 0 spiro atoms.